The predicted octanol–water partition coefficient (Wildman–Crippen LogP) is 1.62. The van der Waals surface area contributed by atoms with Gasteiger partial charge in [-0.2, -0.15) is 0 Å². The summed E-state index contributed by atoms with van der Waals surface area (Å²) in [5.41, 5.74) is 0.810. The first-order chi connectivity index (χ1) is 10.7. The van der Waals surface area contributed by atoms with Gasteiger partial charge in [-0.15, -0.1) is 0 Å². The lowest BCUT2D eigenvalue weighted by atomic mass is 10.0. The molecule has 0 aromatic carbocycles. The van der Waals surface area contributed by atoms with Crippen LogP contribution in [0.2, 0.25) is 0 Å². The van der Waals surface area contributed by atoms with Crippen LogP contribution >= 0.6 is 0 Å². The van der Waals surface area contributed by atoms with Crippen LogP contribution in [0.5, 0.6) is 5.75 Å². The highest BCUT2D eigenvalue weighted by Crippen LogP contribution is 2.14. The van der Waals surface area contributed by atoms with Gasteiger partial charge in [0, 0.05) is 13.1 Å². The van der Waals surface area contributed by atoms with Crippen molar-refractivity contribution in [1.29, 1.82) is 0 Å². The second-order valence-corrected chi connectivity index (χ2v) is 5.88. The van der Waals surface area contributed by atoms with E-state index in [-0.39, 0.29) is 6.03 Å². The van der Waals surface area contributed by atoms with Gasteiger partial charge in [0.2, 0.25) is 0 Å². The van der Waals surface area contributed by atoms with Crippen molar-refractivity contribution in [2.45, 2.75) is 25.8 Å². The van der Waals surface area contributed by atoms with Crippen LogP contribution in [0.4, 0.5) is 4.79 Å². The zero-order chi connectivity index (χ0) is 15.8. The van der Waals surface area contributed by atoms with E-state index in [2.05, 4.69) is 27.6 Å². The molecule has 1 fully saturated rings. The van der Waals surface area contributed by atoms with E-state index >= 15 is 0 Å². The molecule has 122 valence electrons. The molecule has 0 bridgehead atoms. The summed E-state index contributed by atoms with van der Waals surface area (Å²) in [4.78, 5) is 18.4. The zero-order valence-corrected chi connectivity index (χ0v) is 13.5. The van der Waals surface area contributed by atoms with Crippen molar-refractivity contribution in [3.63, 3.8) is 0 Å². The molecule has 1 unspecified atom stereocenters. The van der Waals surface area contributed by atoms with Gasteiger partial charge < -0.3 is 20.3 Å². The maximum atomic E-state index is 11.9. The fourth-order valence-corrected chi connectivity index (χ4v) is 2.71. The smallest absolute Gasteiger partial charge is 0.315 e. The van der Waals surface area contributed by atoms with Gasteiger partial charge in [0.1, 0.15) is 5.75 Å². The average Bonchev–Trinajstić information content (AvgIpc) is 2.75. The summed E-state index contributed by atoms with van der Waals surface area (Å²) in [6.07, 6.45) is 5.33. The molecular formula is C16H26N4O2. The molecule has 0 radical (unpaired) electrons. The van der Waals surface area contributed by atoms with Gasteiger partial charge in [-0.1, -0.05) is 6.42 Å². The Labute approximate surface area is 132 Å². The lowest BCUT2D eigenvalue weighted by Gasteiger charge is -2.20. The fraction of sp³-hybridized carbons (Fsp3) is 0.625. The summed E-state index contributed by atoms with van der Waals surface area (Å²) in [5.74, 6) is 1.25. The van der Waals surface area contributed by atoms with Crippen molar-refractivity contribution in [1.82, 2.24) is 20.5 Å². The van der Waals surface area contributed by atoms with E-state index < -0.39 is 0 Å². The molecule has 1 aliphatic rings. The van der Waals surface area contributed by atoms with Crippen LogP contribution in [-0.4, -0.2) is 49.7 Å². The molecule has 1 aromatic rings. The van der Waals surface area contributed by atoms with Gasteiger partial charge in [0.05, 0.1) is 25.5 Å². The maximum Gasteiger partial charge on any atom is 0.315 e. The summed E-state index contributed by atoms with van der Waals surface area (Å²) in [6, 6.07) is 3.55. The minimum absolute atomic E-state index is 0.135. The van der Waals surface area contributed by atoms with E-state index in [9.17, 15) is 4.79 Å². The van der Waals surface area contributed by atoms with Gasteiger partial charge >= 0.3 is 6.03 Å². The monoisotopic (exact) mass is 306 g/mol. The lowest BCUT2D eigenvalue weighted by Crippen LogP contribution is -2.40. The minimum atomic E-state index is -0.135. The Balaban J connectivity index is 1.68. The zero-order valence-electron chi connectivity index (χ0n) is 13.5. The van der Waals surface area contributed by atoms with Crippen molar-refractivity contribution in [3.05, 3.63) is 24.0 Å². The fourth-order valence-electron chi connectivity index (χ4n) is 2.71. The SMILES string of the molecule is COc1ccc(CNC(=O)NCC2CCCCN(C)C2)nc1. The van der Waals surface area contributed by atoms with E-state index in [0.29, 0.717) is 18.2 Å². The predicted molar refractivity (Wildman–Crippen MR) is 85.9 cm³/mol. The molecule has 2 rings (SSSR count). The number of methoxy groups -OCH3 is 1. The molecule has 2 heterocycles. The Morgan fingerprint density at radius 1 is 1.41 bits per heavy atom. The molecule has 0 spiro atoms. The Morgan fingerprint density at radius 2 is 2.27 bits per heavy atom. The molecule has 1 saturated heterocycles. The van der Waals surface area contributed by atoms with E-state index in [1.807, 2.05) is 12.1 Å². The third-order valence-electron chi connectivity index (χ3n) is 3.99. The van der Waals surface area contributed by atoms with Gasteiger partial charge in [-0.05, 0) is 44.5 Å². The number of pyridine rings is 1. The van der Waals surface area contributed by atoms with E-state index in [1.54, 1.807) is 13.3 Å². The number of aromatic nitrogens is 1. The first kappa shape index (κ1) is 16.5. The number of urea groups is 1. The Morgan fingerprint density at radius 3 is 3.00 bits per heavy atom. The summed E-state index contributed by atoms with van der Waals surface area (Å²) >= 11 is 0. The van der Waals surface area contributed by atoms with Crippen LogP contribution in [0.1, 0.15) is 25.0 Å². The summed E-state index contributed by atoms with van der Waals surface area (Å²) in [6.45, 7) is 3.36. The number of nitrogens with one attached hydrogen (secondary N) is 2. The molecule has 0 saturated carbocycles. The number of likely N-dealkylation sites (tertiary alicyclic amines) is 1. The van der Waals surface area contributed by atoms with Gasteiger partial charge in [-0.25, -0.2) is 4.79 Å². The first-order valence-corrected chi connectivity index (χ1v) is 7.86. The second-order valence-electron chi connectivity index (χ2n) is 5.88. The van der Waals surface area contributed by atoms with Crippen molar-refractivity contribution >= 4 is 6.03 Å². The topological polar surface area (TPSA) is 66.5 Å². The highest BCUT2D eigenvalue weighted by atomic mass is 16.5. The number of carbonyl (C=O) groups is 1. The van der Waals surface area contributed by atoms with Crippen molar-refractivity contribution in [3.8, 4) is 5.75 Å². The number of hydrogen-bond donors (Lipinski definition) is 2. The van der Waals surface area contributed by atoms with Crippen LogP contribution in [0.3, 0.4) is 0 Å². The molecule has 6 heteroatoms. The van der Waals surface area contributed by atoms with Crippen LogP contribution in [0.25, 0.3) is 0 Å². The highest BCUT2D eigenvalue weighted by Gasteiger charge is 2.16. The molecule has 1 aliphatic heterocycles. The normalized spacial score (nSPS) is 19.3. The number of amides is 2. The van der Waals surface area contributed by atoms with Crippen molar-refractivity contribution < 1.29 is 9.53 Å². The van der Waals surface area contributed by atoms with Gasteiger partial charge in [-0.3, -0.25) is 4.98 Å². The Bertz CT molecular complexity index is 464. The first-order valence-electron chi connectivity index (χ1n) is 7.86. The Kier molecular flexibility index (Phi) is 6.45. The number of rotatable bonds is 5. The molecule has 0 aliphatic carbocycles. The molecule has 2 amide bonds. The summed E-state index contributed by atoms with van der Waals surface area (Å²) in [5, 5.41) is 5.80. The standard InChI is InChI=1S/C16H26N4O2/c1-20-8-4-3-5-13(12-20)9-18-16(21)19-10-14-6-7-15(22-2)11-17-14/h6-7,11,13H,3-5,8-10,12H2,1-2H3,(H2,18,19,21). The number of hydrogen-bond acceptors (Lipinski definition) is 4. The van der Waals surface area contributed by atoms with E-state index in [4.69, 9.17) is 4.74 Å². The van der Waals surface area contributed by atoms with E-state index in [0.717, 1.165) is 25.3 Å². The largest absolute Gasteiger partial charge is 0.495 e. The average molecular weight is 306 g/mol. The van der Waals surface area contributed by atoms with Gasteiger partial charge in [0.15, 0.2) is 0 Å². The lowest BCUT2D eigenvalue weighted by molar-refractivity contribution is 0.234. The van der Waals surface area contributed by atoms with Gasteiger partial charge in [0.25, 0.3) is 0 Å². The van der Waals surface area contributed by atoms with Crippen LogP contribution < -0.4 is 15.4 Å². The van der Waals surface area contributed by atoms with Crippen molar-refractivity contribution in [2.75, 3.05) is 33.8 Å². The Hall–Kier alpha value is -1.82. The molecule has 22 heavy (non-hydrogen) atoms. The highest BCUT2D eigenvalue weighted by molar-refractivity contribution is 5.73. The number of ether oxygens (including phenoxy) is 1. The maximum absolute atomic E-state index is 11.9. The van der Waals surface area contributed by atoms with Crippen LogP contribution in [0, 0.1) is 5.92 Å². The molecule has 6 nitrogen and oxygen atoms in total. The minimum Gasteiger partial charge on any atom is -0.495 e. The molecule has 2 N–H and O–H groups in total. The molecular weight excluding hydrogens is 280 g/mol. The van der Waals surface area contributed by atoms with E-state index in [1.165, 1.54) is 19.3 Å². The molecule has 1 atom stereocenters. The third-order valence-corrected chi connectivity index (χ3v) is 3.99. The molecule has 1 aromatic heterocycles. The third kappa shape index (κ3) is 5.52. The second kappa shape index (κ2) is 8.58. The van der Waals surface area contributed by atoms with Crippen LogP contribution in [0.15, 0.2) is 18.3 Å². The number of nitrogens with zero attached hydrogens (tertiary/aromatic N) is 2. The summed E-state index contributed by atoms with van der Waals surface area (Å²) < 4.78 is 5.05. The van der Waals surface area contributed by atoms with Crippen molar-refractivity contribution in [2.24, 2.45) is 5.92 Å². The van der Waals surface area contributed by atoms with Crippen LogP contribution in [-0.2, 0) is 6.54 Å². The quantitative estimate of drug-likeness (QED) is 0.867. The summed E-state index contributed by atoms with van der Waals surface area (Å²) in [7, 11) is 3.75. The number of carbonyl (C=O) groups excluding carboxylic acids is 1.